The van der Waals surface area contributed by atoms with E-state index in [0.717, 1.165) is 12.1 Å². The molecule has 2 aromatic heterocycles. The van der Waals surface area contributed by atoms with Crippen molar-refractivity contribution in [2.24, 2.45) is 0 Å². The van der Waals surface area contributed by atoms with E-state index in [0.29, 0.717) is 0 Å². The highest BCUT2D eigenvalue weighted by atomic mass is 79.9. The van der Waals surface area contributed by atoms with Crippen molar-refractivity contribution in [3.8, 4) is 0 Å². The van der Waals surface area contributed by atoms with Crippen LogP contribution in [0.5, 0.6) is 0 Å². The molecule has 0 aliphatic heterocycles. The Hall–Kier alpha value is -1.22. The molecule has 0 fully saturated rings. The van der Waals surface area contributed by atoms with Gasteiger partial charge in [-0.15, -0.1) is 0 Å². The van der Waals surface area contributed by atoms with Gasteiger partial charge in [0.05, 0.1) is 0 Å². The van der Waals surface area contributed by atoms with Crippen LogP contribution in [0.4, 0.5) is 0 Å². The van der Waals surface area contributed by atoms with E-state index in [4.69, 9.17) is 0 Å². The molecule has 2 rings (SSSR count). The predicted molar refractivity (Wildman–Crippen MR) is 63.8 cm³/mol. The zero-order chi connectivity index (χ0) is 10.5. The summed E-state index contributed by atoms with van der Waals surface area (Å²) in [5, 5.41) is 0. The third-order valence-electron chi connectivity index (χ3n) is 2.16. The molecule has 2 heterocycles. The van der Waals surface area contributed by atoms with Gasteiger partial charge in [-0.1, -0.05) is 28.1 Å². The minimum atomic E-state index is 0.279. The Kier molecular flexibility index (Phi) is 3.45. The van der Waals surface area contributed by atoms with Gasteiger partial charge in [0.25, 0.3) is 0 Å². The summed E-state index contributed by atoms with van der Waals surface area (Å²) in [6, 6.07) is 9.98. The maximum atomic E-state index is 4.29. The number of pyridine rings is 2. The van der Waals surface area contributed by atoms with Gasteiger partial charge in [-0.3, -0.25) is 9.97 Å². The largest absolute Gasteiger partial charge is 0.264 e. The van der Waals surface area contributed by atoms with Crippen LogP contribution in [0.2, 0.25) is 0 Å². The van der Waals surface area contributed by atoms with Crippen molar-refractivity contribution < 1.29 is 0 Å². The van der Waals surface area contributed by atoms with Crippen LogP contribution in [0, 0.1) is 0 Å². The lowest BCUT2D eigenvalue weighted by atomic mass is 10.1. The molecule has 1 unspecified atom stereocenters. The predicted octanol–water partition coefficient (Wildman–Crippen LogP) is 3.16. The lowest BCUT2D eigenvalue weighted by Crippen LogP contribution is -1.97. The van der Waals surface area contributed by atoms with E-state index in [-0.39, 0.29) is 4.83 Å². The van der Waals surface area contributed by atoms with Crippen molar-refractivity contribution in [1.29, 1.82) is 0 Å². The summed E-state index contributed by atoms with van der Waals surface area (Å²) in [6.45, 7) is 0. The van der Waals surface area contributed by atoms with Crippen LogP contribution >= 0.6 is 15.9 Å². The molecule has 0 radical (unpaired) electrons. The summed E-state index contributed by atoms with van der Waals surface area (Å²) in [6.07, 6.45) is 6.36. The SMILES string of the molecule is BrC(Cc1ccccn1)c1cccnc1. The first kappa shape index (κ1) is 10.3. The maximum Gasteiger partial charge on any atom is 0.0465 e. The molecular weight excluding hydrogens is 252 g/mol. The van der Waals surface area contributed by atoms with E-state index in [1.54, 1.807) is 6.20 Å². The maximum absolute atomic E-state index is 4.29. The van der Waals surface area contributed by atoms with Gasteiger partial charge < -0.3 is 0 Å². The normalized spacial score (nSPS) is 12.3. The Morgan fingerprint density at radius 2 is 2.07 bits per heavy atom. The van der Waals surface area contributed by atoms with E-state index < -0.39 is 0 Å². The van der Waals surface area contributed by atoms with Gasteiger partial charge in [-0.2, -0.15) is 0 Å². The molecule has 2 nitrogen and oxygen atoms in total. The average molecular weight is 263 g/mol. The fraction of sp³-hybridized carbons (Fsp3) is 0.167. The quantitative estimate of drug-likeness (QED) is 0.795. The highest BCUT2D eigenvalue weighted by molar-refractivity contribution is 9.09. The third-order valence-corrected chi connectivity index (χ3v) is 3.01. The average Bonchev–Trinajstić information content (AvgIpc) is 2.31. The molecule has 0 amide bonds. The van der Waals surface area contributed by atoms with E-state index in [2.05, 4.69) is 32.0 Å². The standard InChI is InChI=1S/C12H11BrN2/c13-12(10-4-3-6-14-9-10)8-11-5-1-2-7-15-11/h1-7,9,12H,8H2. The van der Waals surface area contributed by atoms with Crippen LogP contribution in [-0.2, 0) is 6.42 Å². The molecule has 76 valence electrons. The zero-order valence-corrected chi connectivity index (χ0v) is 9.76. The molecule has 0 aliphatic carbocycles. The Morgan fingerprint density at radius 3 is 2.73 bits per heavy atom. The second-order valence-electron chi connectivity index (χ2n) is 3.28. The van der Waals surface area contributed by atoms with Crippen molar-refractivity contribution in [3.63, 3.8) is 0 Å². The van der Waals surface area contributed by atoms with E-state index >= 15 is 0 Å². The molecule has 0 saturated carbocycles. The summed E-state index contributed by atoms with van der Waals surface area (Å²) in [7, 11) is 0. The van der Waals surface area contributed by atoms with Gasteiger partial charge in [0.1, 0.15) is 0 Å². The number of hydrogen-bond donors (Lipinski definition) is 0. The first-order valence-electron chi connectivity index (χ1n) is 4.80. The van der Waals surface area contributed by atoms with E-state index in [1.807, 2.05) is 36.7 Å². The molecule has 0 spiro atoms. The lowest BCUT2D eigenvalue weighted by Gasteiger charge is -2.08. The molecule has 2 aromatic rings. The molecule has 0 N–H and O–H groups in total. The highest BCUT2D eigenvalue weighted by Crippen LogP contribution is 2.25. The lowest BCUT2D eigenvalue weighted by molar-refractivity contribution is 0.898. The summed E-state index contributed by atoms with van der Waals surface area (Å²) in [5.41, 5.74) is 2.27. The summed E-state index contributed by atoms with van der Waals surface area (Å²) < 4.78 is 0. The van der Waals surface area contributed by atoms with Gasteiger partial charge in [-0.05, 0) is 23.8 Å². The van der Waals surface area contributed by atoms with Crippen LogP contribution in [0.25, 0.3) is 0 Å². The Balaban J connectivity index is 2.08. The summed E-state index contributed by atoms with van der Waals surface area (Å²) in [5.74, 6) is 0. The number of alkyl halides is 1. The van der Waals surface area contributed by atoms with Crippen molar-refractivity contribution in [3.05, 3.63) is 60.2 Å². The molecule has 0 aromatic carbocycles. The van der Waals surface area contributed by atoms with Crippen LogP contribution in [0.1, 0.15) is 16.1 Å². The molecular formula is C12H11BrN2. The minimum Gasteiger partial charge on any atom is -0.264 e. The molecule has 0 aliphatic rings. The van der Waals surface area contributed by atoms with Crippen molar-refractivity contribution >= 4 is 15.9 Å². The molecule has 3 heteroatoms. The number of nitrogens with zero attached hydrogens (tertiary/aromatic N) is 2. The van der Waals surface area contributed by atoms with Crippen molar-refractivity contribution in [1.82, 2.24) is 9.97 Å². The zero-order valence-electron chi connectivity index (χ0n) is 8.18. The highest BCUT2D eigenvalue weighted by Gasteiger charge is 2.08. The van der Waals surface area contributed by atoms with Gasteiger partial charge >= 0.3 is 0 Å². The number of aromatic nitrogens is 2. The summed E-state index contributed by atoms with van der Waals surface area (Å²) >= 11 is 3.64. The van der Waals surface area contributed by atoms with Crippen molar-refractivity contribution in [2.75, 3.05) is 0 Å². The molecule has 0 saturated heterocycles. The third kappa shape index (κ3) is 2.86. The monoisotopic (exact) mass is 262 g/mol. The van der Waals surface area contributed by atoms with Crippen LogP contribution < -0.4 is 0 Å². The number of rotatable bonds is 3. The second-order valence-corrected chi connectivity index (χ2v) is 4.38. The molecule has 15 heavy (non-hydrogen) atoms. The fourth-order valence-corrected chi connectivity index (χ4v) is 1.98. The molecule has 0 bridgehead atoms. The van der Waals surface area contributed by atoms with Crippen LogP contribution in [0.3, 0.4) is 0 Å². The van der Waals surface area contributed by atoms with E-state index in [1.165, 1.54) is 5.56 Å². The Morgan fingerprint density at radius 1 is 1.13 bits per heavy atom. The smallest absolute Gasteiger partial charge is 0.0465 e. The second kappa shape index (κ2) is 5.03. The Bertz CT molecular complexity index is 402. The topological polar surface area (TPSA) is 25.8 Å². The number of hydrogen-bond acceptors (Lipinski definition) is 2. The van der Waals surface area contributed by atoms with Crippen molar-refractivity contribution in [2.45, 2.75) is 11.2 Å². The Labute approximate surface area is 97.5 Å². The van der Waals surface area contributed by atoms with Gasteiger partial charge in [0.15, 0.2) is 0 Å². The number of halogens is 1. The fourth-order valence-electron chi connectivity index (χ4n) is 1.38. The van der Waals surface area contributed by atoms with Crippen LogP contribution in [-0.4, -0.2) is 9.97 Å². The van der Waals surface area contributed by atoms with Gasteiger partial charge in [-0.25, -0.2) is 0 Å². The first-order valence-corrected chi connectivity index (χ1v) is 5.72. The van der Waals surface area contributed by atoms with Gasteiger partial charge in [0, 0.05) is 35.5 Å². The van der Waals surface area contributed by atoms with E-state index in [9.17, 15) is 0 Å². The minimum absolute atomic E-state index is 0.279. The van der Waals surface area contributed by atoms with Gasteiger partial charge in [0.2, 0.25) is 0 Å². The summed E-state index contributed by atoms with van der Waals surface area (Å²) in [4.78, 5) is 8.67. The first-order chi connectivity index (χ1) is 7.36. The molecule has 1 atom stereocenters. The van der Waals surface area contributed by atoms with Crippen LogP contribution in [0.15, 0.2) is 48.9 Å².